The summed E-state index contributed by atoms with van der Waals surface area (Å²) in [6.07, 6.45) is 10.5. The minimum absolute atomic E-state index is 0.115. The molecule has 4 rings (SSSR count). The second-order valence-electron chi connectivity index (χ2n) is 6.24. The lowest BCUT2D eigenvalue weighted by molar-refractivity contribution is 0.0946. The number of fused-ring (bicyclic) bond motifs is 1. The van der Waals surface area contributed by atoms with E-state index in [2.05, 4.69) is 34.7 Å². The van der Waals surface area contributed by atoms with Crippen LogP contribution in [0.5, 0.6) is 0 Å². The number of carbonyl (C=O) groups is 1. The van der Waals surface area contributed by atoms with Crippen LogP contribution in [0.25, 0.3) is 0 Å². The summed E-state index contributed by atoms with van der Waals surface area (Å²) in [5, 5.41) is 3.01. The van der Waals surface area contributed by atoms with Gasteiger partial charge in [-0.1, -0.05) is 0 Å². The molecule has 4 heterocycles. The van der Waals surface area contributed by atoms with E-state index in [-0.39, 0.29) is 11.8 Å². The van der Waals surface area contributed by atoms with E-state index in [1.54, 1.807) is 49.2 Å². The van der Waals surface area contributed by atoms with Gasteiger partial charge in [-0.3, -0.25) is 9.78 Å². The molecule has 8 nitrogen and oxygen atoms in total. The average molecular weight is 349 g/mol. The van der Waals surface area contributed by atoms with Crippen LogP contribution in [-0.2, 0) is 13.1 Å². The predicted molar refractivity (Wildman–Crippen MR) is 95.4 cm³/mol. The van der Waals surface area contributed by atoms with Crippen molar-refractivity contribution in [3.05, 3.63) is 66.8 Å². The van der Waals surface area contributed by atoms with Crippen LogP contribution in [0.4, 0.5) is 5.95 Å². The molecule has 0 aromatic carbocycles. The van der Waals surface area contributed by atoms with Crippen LogP contribution >= 0.6 is 0 Å². The van der Waals surface area contributed by atoms with Crippen LogP contribution in [0.2, 0.25) is 0 Å². The number of nitrogens with zero attached hydrogens (tertiary/aromatic N) is 6. The maximum Gasteiger partial charge on any atom is 0.252 e. The third kappa shape index (κ3) is 3.53. The van der Waals surface area contributed by atoms with Crippen molar-refractivity contribution < 1.29 is 4.79 Å². The van der Waals surface area contributed by atoms with Crippen molar-refractivity contribution >= 4 is 11.9 Å². The Kier molecular flexibility index (Phi) is 4.55. The van der Waals surface area contributed by atoms with E-state index in [4.69, 9.17) is 0 Å². The largest absolute Gasteiger partial charge is 0.352 e. The molecule has 8 heteroatoms. The second-order valence-corrected chi connectivity index (χ2v) is 6.24. The molecule has 3 aromatic heterocycles. The summed E-state index contributed by atoms with van der Waals surface area (Å²) >= 11 is 0. The molecule has 0 bridgehead atoms. The first-order valence-electron chi connectivity index (χ1n) is 8.50. The molecule has 0 aliphatic carbocycles. The fourth-order valence-electron chi connectivity index (χ4n) is 3.11. The van der Waals surface area contributed by atoms with Crippen molar-refractivity contribution in [2.24, 2.45) is 5.92 Å². The highest BCUT2D eigenvalue weighted by Crippen LogP contribution is 2.18. The number of hydrogen-bond donors (Lipinski definition) is 1. The van der Waals surface area contributed by atoms with Gasteiger partial charge in [-0.05, 0) is 18.2 Å². The Morgan fingerprint density at radius 2 is 2.00 bits per heavy atom. The minimum Gasteiger partial charge on any atom is -0.352 e. The van der Waals surface area contributed by atoms with E-state index in [1.807, 2.05) is 6.20 Å². The van der Waals surface area contributed by atoms with Crippen LogP contribution in [0, 0.1) is 5.92 Å². The minimum atomic E-state index is -0.115. The number of rotatable bonds is 4. The normalized spacial score (nSPS) is 16.6. The first kappa shape index (κ1) is 16.2. The Hall–Kier alpha value is -3.29. The third-order valence-electron chi connectivity index (χ3n) is 4.38. The number of pyridine rings is 1. The van der Waals surface area contributed by atoms with Gasteiger partial charge in [0.1, 0.15) is 5.82 Å². The quantitative estimate of drug-likeness (QED) is 0.760. The van der Waals surface area contributed by atoms with Gasteiger partial charge in [-0.25, -0.2) is 15.0 Å². The fourth-order valence-corrected chi connectivity index (χ4v) is 3.11. The lowest BCUT2D eigenvalue weighted by Crippen LogP contribution is -2.37. The topological polar surface area (TPSA) is 88.8 Å². The van der Waals surface area contributed by atoms with Gasteiger partial charge < -0.3 is 14.8 Å². The Balaban J connectivity index is 1.49. The van der Waals surface area contributed by atoms with Gasteiger partial charge >= 0.3 is 0 Å². The van der Waals surface area contributed by atoms with E-state index in [0.29, 0.717) is 24.6 Å². The maximum atomic E-state index is 12.3. The summed E-state index contributed by atoms with van der Waals surface area (Å²) < 4.78 is 2.13. The summed E-state index contributed by atoms with van der Waals surface area (Å²) in [6, 6.07) is 5.31. The Bertz CT molecular complexity index is 866. The summed E-state index contributed by atoms with van der Waals surface area (Å²) in [6.45, 7) is 2.71. The van der Waals surface area contributed by atoms with Gasteiger partial charge in [0.25, 0.3) is 5.91 Å². The second kappa shape index (κ2) is 7.30. The van der Waals surface area contributed by atoms with Crippen molar-refractivity contribution in [2.45, 2.75) is 13.1 Å². The lowest BCUT2D eigenvalue weighted by Gasteiger charge is -2.24. The van der Waals surface area contributed by atoms with Gasteiger partial charge in [-0.2, -0.15) is 0 Å². The molecule has 0 radical (unpaired) electrons. The zero-order chi connectivity index (χ0) is 17.8. The molecule has 0 fully saturated rings. The molecule has 132 valence electrons. The zero-order valence-electron chi connectivity index (χ0n) is 14.2. The van der Waals surface area contributed by atoms with Gasteiger partial charge in [0.2, 0.25) is 5.95 Å². The molecular weight excluding hydrogens is 330 g/mol. The number of nitrogens with one attached hydrogen (secondary N) is 1. The number of hydrogen-bond acceptors (Lipinski definition) is 6. The third-order valence-corrected chi connectivity index (χ3v) is 4.38. The van der Waals surface area contributed by atoms with Gasteiger partial charge in [0.15, 0.2) is 0 Å². The monoisotopic (exact) mass is 349 g/mol. The molecule has 0 saturated carbocycles. The van der Waals surface area contributed by atoms with E-state index in [9.17, 15) is 4.79 Å². The van der Waals surface area contributed by atoms with Crippen molar-refractivity contribution in [1.29, 1.82) is 0 Å². The van der Waals surface area contributed by atoms with Crippen molar-refractivity contribution in [2.75, 3.05) is 18.0 Å². The highest BCUT2D eigenvalue weighted by Gasteiger charge is 2.24. The van der Waals surface area contributed by atoms with E-state index in [1.165, 1.54) is 0 Å². The van der Waals surface area contributed by atoms with Crippen LogP contribution in [0.15, 0.2) is 55.4 Å². The standard InChI is InChI=1S/C18H19N7O/c26-17(15-3-1-4-19-10-15)23-9-14-11-24-8-7-20-16(24)13-25(12-14)18-21-5-2-6-22-18/h1-8,10,14H,9,11-13H2,(H,23,26). The van der Waals surface area contributed by atoms with E-state index >= 15 is 0 Å². The zero-order valence-corrected chi connectivity index (χ0v) is 14.2. The van der Waals surface area contributed by atoms with Gasteiger partial charge in [-0.15, -0.1) is 0 Å². The SMILES string of the molecule is O=C(NCC1CN(c2ncccn2)Cc2nccn2C1)c1cccnc1. The summed E-state index contributed by atoms with van der Waals surface area (Å²) in [5.41, 5.74) is 0.563. The number of amides is 1. The van der Waals surface area contributed by atoms with Crippen LogP contribution in [0.1, 0.15) is 16.2 Å². The summed E-state index contributed by atoms with van der Waals surface area (Å²) in [5.74, 6) is 1.73. The van der Waals surface area contributed by atoms with Crippen molar-refractivity contribution in [3.8, 4) is 0 Å². The molecule has 3 aromatic rings. The molecule has 1 unspecified atom stereocenters. The molecule has 1 aliphatic rings. The van der Waals surface area contributed by atoms with Crippen LogP contribution in [-0.4, -0.2) is 43.5 Å². The molecule has 26 heavy (non-hydrogen) atoms. The molecule has 1 N–H and O–H groups in total. The number of imidazole rings is 1. The first-order chi connectivity index (χ1) is 12.8. The highest BCUT2D eigenvalue weighted by atomic mass is 16.1. The Morgan fingerprint density at radius 1 is 1.12 bits per heavy atom. The predicted octanol–water partition coefficient (Wildman–Crippen LogP) is 1.13. The maximum absolute atomic E-state index is 12.3. The van der Waals surface area contributed by atoms with Crippen molar-refractivity contribution in [1.82, 2.24) is 29.8 Å². The molecular formula is C18H19N7O. The Morgan fingerprint density at radius 3 is 2.81 bits per heavy atom. The fraction of sp³-hybridized carbons (Fsp3) is 0.278. The molecule has 1 atom stereocenters. The Labute approximate surface area is 150 Å². The van der Waals surface area contributed by atoms with Gasteiger partial charge in [0, 0.05) is 62.7 Å². The summed E-state index contributed by atoms with van der Waals surface area (Å²) in [7, 11) is 0. The molecule has 0 saturated heterocycles. The summed E-state index contributed by atoms with van der Waals surface area (Å²) in [4.78, 5) is 31.6. The van der Waals surface area contributed by atoms with E-state index < -0.39 is 0 Å². The number of carbonyl (C=O) groups excluding carboxylic acids is 1. The molecule has 1 aliphatic heterocycles. The number of anilines is 1. The number of aromatic nitrogens is 5. The first-order valence-corrected chi connectivity index (χ1v) is 8.50. The molecule has 1 amide bonds. The molecule has 0 spiro atoms. The van der Waals surface area contributed by atoms with E-state index in [0.717, 1.165) is 18.9 Å². The average Bonchev–Trinajstić information content (AvgIpc) is 3.05. The highest BCUT2D eigenvalue weighted by molar-refractivity contribution is 5.93. The van der Waals surface area contributed by atoms with Crippen LogP contribution < -0.4 is 10.2 Å². The van der Waals surface area contributed by atoms with Crippen LogP contribution in [0.3, 0.4) is 0 Å². The lowest BCUT2D eigenvalue weighted by atomic mass is 10.1. The van der Waals surface area contributed by atoms with Crippen molar-refractivity contribution in [3.63, 3.8) is 0 Å². The smallest absolute Gasteiger partial charge is 0.252 e. The van der Waals surface area contributed by atoms with Gasteiger partial charge in [0.05, 0.1) is 12.1 Å².